The molecule has 1 unspecified atom stereocenters. The molecule has 1 rings (SSSR count). The van der Waals surface area contributed by atoms with Crippen molar-refractivity contribution in [3.63, 3.8) is 0 Å². The molecule has 1 aromatic heterocycles. The third-order valence-corrected chi connectivity index (χ3v) is 3.12. The van der Waals surface area contributed by atoms with Gasteiger partial charge in [-0.15, -0.1) is 0 Å². The van der Waals surface area contributed by atoms with Gasteiger partial charge in [-0.05, 0) is 22.4 Å². The molecule has 0 radical (unpaired) electrons. The Labute approximate surface area is 102 Å². The van der Waals surface area contributed by atoms with Crippen LogP contribution in [0.1, 0.15) is 6.42 Å². The van der Waals surface area contributed by atoms with Gasteiger partial charge in [-0.3, -0.25) is 5.10 Å². The number of hydrogen-bond acceptors (Lipinski definition) is 2. The first-order valence-electron chi connectivity index (χ1n) is 3.87. The van der Waals surface area contributed by atoms with Crippen LogP contribution in [-0.2, 0) is 0 Å². The molecule has 0 aromatic carbocycles. The molecular formula is C7H10Br3N3. The van der Waals surface area contributed by atoms with Crippen molar-refractivity contribution in [3.8, 4) is 0 Å². The van der Waals surface area contributed by atoms with Gasteiger partial charge < -0.3 is 5.32 Å². The number of hydrogen-bond donors (Lipinski definition) is 2. The van der Waals surface area contributed by atoms with Crippen LogP contribution >= 0.6 is 47.8 Å². The average Bonchev–Trinajstić information content (AvgIpc) is 2.49. The highest BCUT2D eigenvalue weighted by molar-refractivity contribution is 9.10. The van der Waals surface area contributed by atoms with Gasteiger partial charge in [0, 0.05) is 22.8 Å². The largest absolute Gasteiger partial charge is 0.367 e. The van der Waals surface area contributed by atoms with Gasteiger partial charge in [-0.25, -0.2) is 0 Å². The summed E-state index contributed by atoms with van der Waals surface area (Å²) in [6.07, 6.45) is 1.10. The zero-order valence-corrected chi connectivity index (χ0v) is 11.6. The quantitative estimate of drug-likeness (QED) is 0.776. The van der Waals surface area contributed by atoms with Gasteiger partial charge in [-0.1, -0.05) is 31.9 Å². The highest BCUT2D eigenvalue weighted by atomic mass is 79.9. The maximum Gasteiger partial charge on any atom is 0.148 e. The van der Waals surface area contributed by atoms with Gasteiger partial charge in [-0.2, -0.15) is 5.10 Å². The predicted octanol–water partition coefficient (Wildman–Crippen LogP) is 3.13. The van der Waals surface area contributed by atoms with Crippen LogP contribution in [0.4, 0.5) is 5.82 Å². The van der Waals surface area contributed by atoms with Crippen molar-refractivity contribution < 1.29 is 0 Å². The number of H-pyrrole nitrogens is 1. The van der Waals surface area contributed by atoms with Crippen LogP contribution in [0.15, 0.2) is 10.7 Å². The second-order valence-electron chi connectivity index (χ2n) is 2.56. The van der Waals surface area contributed by atoms with Crippen LogP contribution in [0.3, 0.4) is 0 Å². The molecule has 1 atom stereocenters. The lowest BCUT2D eigenvalue weighted by molar-refractivity contribution is 0.875. The molecular weight excluding hydrogens is 366 g/mol. The summed E-state index contributed by atoms with van der Waals surface area (Å²) in [7, 11) is 0. The number of halogens is 3. The Morgan fingerprint density at radius 2 is 2.38 bits per heavy atom. The molecule has 0 aliphatic heterocycles. The Kier molecular flexibility index (Phi) is 5.35. The molecule has 2 N–H and O–H groups in total. The molecule has 0 saturated heterocycles. The molecule has 0 saturated carbocycles. The van der Waals surface area contributed by atoms with Crippen LogP contribution in [0.5, 0.6) is 0 Å². The summed E-state index contributed by atoms with van der Waals surface area (Å²) in [5.74, 6) is 0.867. The van der Waals surface area contributed by atoms with E-state index in [1.807, 2.05) is 6.07 Å². The topological polar surface area (TPSA) is 40.7 Å². The smallest absolute Gasteiger partial charge is 0.148 e. The maximum absolute atomic E-state index is 4.03. The Hall–Kier alpha value is 0.450. The molecule has 0 aliphatic rings. The normalized spacial score (nSPS) is 12.8. The first-order chi connectivity index (χ1) is 6.22. The van der Waals surface area contributed by atoms with E-state index in [0.29, 0.717) is 4.83 Å². The zero-order chi connectivity index (χ0) is 9.68. The van der Waals surface area contributed by atoms with E-state index < -0.39 is 0 Å². The third-order valence-electron chi connectivity index (χ3n) is 1.47. The van der Waals surface area contributed by atoms with E-state index in [4.69, 9.17) is 0 Å². The maximum atomic E-state index is 4.03. The summed E-state index contributed by atoms with van der Waals surface area (Å²) >= 11 is 10.2. The Bertz CT molecular complexity index is 251. The minimum absolute atomic E-state index is 0.474. The van der Waals surface area contributed by atoms with Gasteiger partial charge in [0.15, 0.2) is 0 Å². The first kappa shape index (κ1) is 11.5. The van der Waals surface area contributed by atoms with Crippen molar-refractivity contribution in [3.05, 3.63) is 10.7 Å². The van der Waals surface area contributed by atoms with E-state index in [1.54, 1.807) is 0 Å². The summed E-state index contributed by atoms with van der Waals surface area (Å²) in [6, 6.07) is 1.91. The Morgan fingerprint density at radius 3 is 2.92 bits per heavy atom. The molecule has 0 aliphatic carbocycles. The lowest BCUT2D eigenvalue weighted by Crippen LogP contribution is -2.14. The minimum Gasteiger partial charge on any atom is -0.367 e. The highest BCUT2D eigenvalue weighted by Gasteiger charge is 2.03. The van der Waals surface area contributed by atoms with Crippen LogP contribution in [-0.4, -0.2) is 26.9 Å². The standard InChI is InChI=1S/C7H10Br3N3/c8-2-1-5(9)4-11-7-3-6(10)12-13-7/h3,5H,1-2,4H2,(H2,11,12,13). The molecule has 1 aromatic rings. The second kappa shape index (κ2) is 6.03. The van der Waals surface area contributed by atoms with Crippen molar-refractivity contribution in [2.45, 2.75) is 11.2 Å². The van der Waals surface area contributed by atoms with Crippen molar-refractivity contribution in [2.75, 3.05) is 17.2 Å². The number of aromatic amines is 1. The van der Waals surface area contributed by atoms with Crippen LogP contribution < -0.4 is 5.32 Å². The molecule has 0 bridgehead atoms. The SMILES string of the molecule is BrCCC(Br)CNc1cc(Br)[nH]n1. The zero-order valence-electron chi connectivity index (χ0n) is 6.86. The van der Waals surface area contributed by atoms with E-state index in [-0.39, 0.29) is 0 Å². The van der Waals surface area contributed by atoms with Gasteiger partial charge >= 0.3 is 0 Å². The lowest BCUT2D eigenvalue weighted by atomic mass is 10.3. The van der Waals surface area contributed by atoms with Crippen LogP contribution in [0.25, 0.3) is 0 Å². The van der Waals surface area contributed by atoms with Crippen molar-refractivity contribution in [1.29, 1.82) is 0 Å². The fourth-order valence-electron chi connectivity index (χ4n) is 0.825. The summed E-state index contributed by atoms with van der Waals surface area (Å²) in [6.45, 7) is 0.878. The predicted molar refractivity (Wildman–Crippen MR) is 65.9 cm³/mol. The summed E-state index contributed by atoms with van der Waals surface area (Å²) in [4.78, 5) is 0.474. The lowest BCUT2D eigenvalue weighted by Gasteiger charge is -2.07. The van der Waals surface area contributed by atoms with Crippen molar-refractivity contribution in [1.82, 2.24) is 10.2 Å². The highest BCUT2D eigenvalue weighted by Crippen LogP contribution is 2.13. The van der Waals surface area contributed by atoms with Gasteiger partial charge in [0.2, 0.25) is 0 Å². The fourth-order valence-corrected chi connectivity index (χ4v) is 2.69. The Morgan fingerprint density at radius 1 is 1.62 bits per heavy atom. The number of alkyl halides is 2. The summed E-state index contributed by atoms with van der Waals surface area (Å²) < 4.78 is 0.890. The number of anilines is 1. The summed E-state index contributed by atoms with van der Waals surface area (Å²) in [5, 5.41) is 11.1. The molecule has 0 amide bonds. The molecule has 74 valence electrons. The Balaban J connectivity index is 2.26. The van der Waals surface area contributed by atoms with E-state index in [9.17, 15) is 0 Å². The number of nitrogens with one attached hydrogen (secondary N) is 2. The van der Waals surface area contributed by atoms with E-state index in [0.717, 1.165) is 28.7 Å². The third kappa shape index (κ3) is 4.46. The van der Waals surface area contributed by atoms with Crippen molar-refractivity contribution in [2.24, 2.45) is 0 Å². The molecule has 0 spiro atoms. The number of aromatic nitrogens is 2. The van der Waals surface area contributed by atoms with E-state index in [1.165, 1.54) is 0 Å². The fraction of sp³-hybridized carbons (Fsp3) is 0.571. The van der Waals surface area contributed by atoms with E-state index >= 15 is 0 Å². The average molecular weight is 376 g/mol. The monoisotopic (exact) mass is 373 g/mol. The second-order valence-corrected chi connectivity index (χ2v) is 5.50. The van der Waals surface area contributed by atoms with Crippen LogP contribution in [0.2, 0.25) is 0 Å². The van der Waals surface area contributed by atoms with E-state index in [2.05, 4.69) is 63.3 Å². The molecule has 13 heavy (non-hydrogen) atoms. The molecule has 0 fully saturated rings. The number of rotatable bonds is 5. The molecule has 6 heteroatoms. The summed E-state index contributed by atoms with van der Waals surface area (Å²) in [5.41, 5.74) is 0. The minimum atomic E-state index is 0.474. The van der Waals surface area contributed by atoms with Crippen LogP contribution in [0, 0.1) is 0 Å². The number of nitrogens with zero attached hydrogens (tertiary/aromatic N) is 1. The van der Waals surface area contributed by atoms with Crippen molar-refractivity contribution >= 4 is 53.6 Å². The molecule has 1 heterocycles. The van der Waals surface area contributed by atoms with Gasteiger partial charge in [0.05, 0.1) is 0 Å². The van der Waals surface area contributed by atoms with Gasteiger partial charge in [0.25, 0.3) is 0 Å². The first-order valence-corrected chi connectivity index (χ1v) is 6.70. The van der Waals surface area contributed by atoms with Gasteiger partial charge in [0.1, 0.15) is 10.4 Å². The molecule has 3 nitrogen and oxygen atoms in total.